The van der Waals surface area contributed by atoms with Gasteiger partial charge >= 0.3 is 0 Å². The smallest absolute Gasteiger partial charge is 0.264 e. The summed E-state index contributed by atoms with van der Waals surface area (Å²) in [6.45, 7) is 0. The molecular weight excluding hydrogens is 349 g/mol. The first kappa shape index (κ1) is 13.8. The van der Waals surface area contributed by atoms with E-state index in [-0.39, 0.29) is 16.1 Å². The zero-order valence-corrected chi connectivity index (χ0v) is 12.1. The highest BCUT2D eigenvalue weighted by molar-refractivity contribution is 9.10. The summed E-state index contributed by atoms with van der Waals surface area (Å²) in [5.41, 5.74) is 0.0440. The Kier molecular flexibility index (Phi) is 3.66. The van der Waals surface area contributed by atoms with Crippen molar-refractivity contribution in [1.82, 2.24) is 5.32 Å². The number of carbonyl (C=O) groups excluding carboxylic acids is 1. The fourth-order valence-electron chi connectivity index (χ4n) is 1.38. The summed E-state index contributed by atoms with van der Waals surface area (Å²) in [4.78, 5) is 11.1. The molecule has 4 nitrogen and oxygen atoms in total. The topological polar surface area (TPSA) is 63.2 Å². The molecule has 1 aliphatic carbocycles. The van der Waals surface area contributed by atoms with E-state index in [1.54, 1.807) is 0 Å². The molecule has 0 atom stereocenters. The summed E-state index contributed by atoms with van der Waals surface area (Å²) < 4.78 is 35.9. The van der Waals surface area contributed by atoms with E-state index in [0.29, 0.717) is 0 Å². The second kappa shape index (κ2) is 4.79. The lowest BCUT2D eigenvalue weighted by Gasteiger charge is -2.08. The van der Waals surface area contributed by atoms with E-state index in [9.17, 15) is 17.6 Å². The Morgan fingerprint density at radius 1 is 1.44 bits per heavy atom. The Labute approximate surface area is 116 Å². The van der Waals surface area contributed by atoms with Gasteiger partial charge in [0.1, 0.15) is 10.7 Å². The molecule has 0 aromatic heterocycles. The summed E-state index contributed by atoms with van der Waals surface area (Å²) in [6.07, 6.45) is 1.79. The van der Waals surface area contributed by atoms with Crippen molar-refractivity contribution < 1.29 is 17.6 Å². The van der Waals surface area contributed by atoms with Crippen LogP contribution in [0.5, 0.6) is 0 Å². The van der Waals surface area contributed by atoms with Crippen LogP contribution >= 0.6 is 26.6 Å². The average Bonchev–Trinajstić information content (AvgIpc) is 2.99. The van der Waals surface area contributed by atoms with Gasteiger partial charge in [0.2, 0.25) is 0 Å². The van der Waals surface area contributed by atoms with Crippen LogP contribution in [0.4, 0.5) is 4.39 Å². The monoisotopic (exact) mass is 355 g/mol. The minimum Gasteiger partial charge on any atom is -0.349 e. The van der Waals surface area contributed by atoms with E-state index >= 15 is 0 Å². The zero-order chi connectivity index (χ0) is 13.5. The van der Waals surface area contributed by atoms with Crippen molar-refractivity contribution in [3.63, 3.8) is 0 Å². The number of amides is 1. The molecule has 1 amide bonds. The molecule has 1 saturated carbocycles. The Hall–Kier alpha value is -0.660. The van der Waals surface area contributed by atoms with Gasteiger partial charge in [-0.2, -0.15) is 0 Å². The molecule has 98 valence electrons. The second-order valence-electron chi connectivity index (χ2n) is 3.95. The van der Waals surface area contributed by atoms with Crippen LogP contribution in [0.1, 0.15) is 23.2 Å². The van der Waals surface area contributed by atoms with Crippen LogP contribution in [0.25, 0.3) is 0 Å². The number of benzene rings is 1. The third-order valence-corrected chi connectivity index (χ3v) is 4.43. The van der Waals surface area contributed by atoms with Gasteiger partial charge < -0.3 is 5.32 Å². The average molecular weight is 357 g/mol. The number of hydrogen-bond donors (Lipinski definition) is 1. The fourth-order valence-corrected chi connectivity index (χ4v) is 2.78. The quantitative estimate of drug-likeness (QED) is 0.846. The fraction of sp³-hybridized carbons (Fsp3) is 0.300. The highest BCUT2D eigenvalue weighted by Crippen LogP contribution is 2.27. The number of halogens is 3. The van der Waals surface area contributed by atoms with Gasteiger partial charge in [0.25, 0.3) is 15.0 Å². The molecule has 0 saturated heterocycles. The van der Waals surface area contributed by atoms with Crippen LogP contribution in [0.2, 0.25) is 0 Å². The molecule has 1 aromatic carbocycles. The molecule has 0 spiro atoms. The maximum Gasteiger partial charge on any atom is 0.264 e. The normalized spacial score (nSPS) is 15.5. The molecule has 0 bridgehead atoms. The lowest BCUT2D eigenvalue weighted by molar-refractivity contribution is 0.0950. The van der Waals surface area contributed by atoms with Gasteiger partial charge in [0, 0.05) is 21.2 Å². The van der Waals surface area contributed by atoms with E-state index in [4.69, 9.17) is 10.7 Å². The molecule has 8 heteroatoms. The molecule has 1 aromatic rings. The van der Waals surface area contributed by atoms with Crippen molar-refractivity contribution >= 4 is 41.6 Å². The number of rotatable bonds is 3. The molecule has 18 heavy (non-hydrogen) atoms. The van der Waals surface area contributed by atoms with Gasteiger partial charge in [-0.3, -0.25) is 4.79 Å². The Morgan fingerprint density at radius 2 is 2.06 bits per heavy atom. The van der Waals surface area contributed by atoms with E-state index in [2.05, 4.69) is 21.2 Å². The van der Waals surface area contributed by atoms with E-state index in [1.807, 2.05) is 0 Å². The molecular formula is C10H8BrClFNO3S. The predicted molar refractivity (Wildman–Crippen MR) is 67.6 cm³/mol. The second-order valence-corrected chi connectivity index (χ2v) is 7.34. The van der Waals surface area contributed by atoms with Crippen LogP contribution in [0.3, 0.4) is 0 Å². The van der Waals surface area contributed by atoms with Crippen LogP contribution < -0.4 is 5.32 Å². The van der Waals surface area contributed by atoms with Crippen LogP contribution in [-0.2, 0) is 9.05 Å². The van der Waals surface area contributed by atoms with Crippen molar-refractivity contribution in [1.29, 1.82) is 0 Å². The van der Waals surface area contributed by atoms with Crippen LogP contribution in [0.15, 0.2) is 21.5 Å². The van der Waals surface area contributed by atoms with Crippen LogP contribution in [0, 0.1) is 5.82 Å². The third kappa shape index (κ3) is 3.02. The number of hydrogen-bond acceptors (Lipinski definition) is 3. The van der Waals surface area contributed by atoms with Crippen molar-refractivity contribution in [2.45, 2.75) is 23.8 Å². The zero-order valence-electron chi connectivity index (χ0n) is 8.91. The summed E-state index contributed by atoms with van der Waals surface area (Å²) in [6, 6.07) is 1.96. The van der Waals surface area contributed by atoms with E-state index in [1.165, 1.54) is 0 Å². The van der Waals surface area contributed by atoms with E-state index < -0.39 is 25.7 Å². The molecule has 1 aliphatic rings. The first-order valence-corrected chi connectivity index (χ1v) is 8.14. The highest BCUT2D eigenvalue weighted by atomic mass is 79.9. The number of carbonyl (C=O) groups is 1. The maximum absolute atomic E-state index is 13.4. The summed E-state index contributed by atoms with van der Waals surface area (Å²) in [5, 5.41) is 2.68. The first-order chi connectivity index (χ1) is 8.29. The minimum atomic E-state index is -4.22. The Bertz CT molecular complexity index is 616. The first-order valence-electron chi connectivity index (χ1n) is 5.03. The molecule has 0 unspecified atom stereocenters. The van der Waals surface area contributed by atoms with Gasteiger partial charge in [0.05, 0.1) is 5.56 Å². The van der Waals surface area contributed by atoms with Gasteiger partial charge in [-0.1, -0.05) is 0 Å². The summed E-state index contributed by atoms with van der Waals surface area (Å²) in [5.74, 6) is -1.45. The largest absolute Gasteiger partial charge is 0.349 e. The Balaban J connectivity index is 2.43. The van der Waals surface area contributed by atoms with Gasteiger partial charge in [-0.05, 0) is 40.9 Å². The van der Waals surface area contributed by atoms with Crippen molar-refractivity contribution in [3.8, 4) is 0 Å². The SMILES string of the molecule is O=C(NC1CC1)c1cc(S(=O)(=O)Cl)c(F)cc1Br. The lowest BCUT2D eigenvalue weighted by atomic mass is 10.2. The van der Waals surface area contributed by atoms with Gasteiger partial charge in [-0.25, -0.2) is 12.8 Å². The molecule has 1 fully saturated rings. The molecule has 2 rings (SSSR count). The molecule has 0 aliphatic heterocycles. The Morgan fingerprint density at radius 3 is 2.56 bits per heavy atom. The molecule has 1 N–H and O–H groups in total. The van der Waals surface area contributed by atoms with Gasteiger partial charge in [-0.15, -0.1) is 0 Å². The van der Waals surface area contributed by atoms with Crippen molar-refractivity contribution in [2.75, 3.05) is 0 Å². The predicted octanol–water partition coefficient (Wildman–Crippen LogP) is 2.41. The van der Waals surface area contributed by atoms with Crippen LogP contribution in [-0.4, -0.2) is 20.4 Å². The standard InChI is InChI=1S/C10H8BrClFNO3S/c11-7-4-8(13)9(18(12,16)17)3-6(7)10(15)14-5-1-2-5/h3-5H,1-2H2,(H,14,15). The third-order valence-electron chi connectivity index (χ3n) is 2.44. The summed E-state index contributed by atoms with van der Waals surface area (Å²) in [7, 11) is 0.873. The molecule has 0 heterocycles. The maximum atomic E-state index is 13.4. The van der Waals surface area contributed by atoms with Crippen molar-refractivity contribution in [2.24, 2.45) is 0 Å². The highest BCUT2D eigenvalue weighted by Gasteiger charge is 2.26. The van der Waals surface area contributed by atoms with E-state index in [0.717, 1.165) is 25.0 Å². The molecule has 0 radical (unpaired) electrons. The minimum absolute atomic E-state index is 0.0440. The summed E-state index contributed by atoms with van der Waals surface area (Å²) >= 11 is 3.02. The number of nitrogens with one attached hydrogen (secondary N) is 1. The van der Waals surface area contributed by atoms with Crippen molar-refractivity contribution in [3.05, 3.63) is 28.0 Å². The lowest BCUT2D eigenvalue weighted by Crippen LogP contribution is -2.26. The van der Waals surface area contributed by atoms with Gasteiger partial charge in [0.15, 0.2) is 0 Å².